The third-order valence-corrected chi connectivity index (χ3v) is 5.72. The largest absolute Gasteiger partial charge is 0.497 e. The zero-order chi connectivity index (χ0) is 17.3. The number of benzene rings is 1. The van der Waals surface area contributed by atoms with Crippen molar-refractivity contribution in [1.29, 1.82) is 0 Å². The minimum absolute atomic E-state index is 0.170. The van der Waals surface area contributed by atoms with Crippen molar-refractivity contribution in [2.24, 2.45) is 5.92 Å². The number of carbonyl (C=O) groups is 1. The molecule has 25 heavy (non-hydrogen) atoms. The number of nitrogens with zero attached hydrogens (tertiary/aromatic N) is 1. The number of ether oxygens (including phenoxy) is 1. The van der Waals surface area contributed by atoms with Crippen molar-refractivity contribution in [3.8, 4) is 5.75 Å². The summed E-state index contributed by atoms with van der Waals surface area (Å²) >= 11 is 0. The number of carbonyl (C=O) groups excluding carboxylic acids is 1. The Bertz CT molecular complexity index is 617. The van der Waals surface area contributed by atoms with E-state index in [-0.39, 0.29) is 5.91 Å². The highest BCUT2D eigenvalue weighted by atomic mass is 16.5. The fourth-order valence-electron chi connectivity index (χ4n) is 3.72. The number of nitrogens with one attached hydrogen (secondary N) is 2. The molecule has 1 aromatic rings. The van der Waals surface area contributed by atoms with Crippen molar-refractivity contribution in [3.63, 3.8) is 0 Å². The number of hydrogen-bond donors (Lipinski definition) is 2. The van der Waals surface area contributed by atoms with Gasteiger partial charge in [0.25, 0.3) is 0 Å². The molecule has 0 spiro atoms. The molecule has 5 heteroatoms. The molecule has 5 nitrogen and oxygen atoms in total. The SMILES string of the molecule is COc1cccc(NC2(C(=O)NC3CC3)CCN(CC3CC3)CC2)c1. The van der Waals surface area contributed by atoms with Crippen LogP contribution in [0.5, 0.6) is 5.75 Å². The van der Waals surface area contributed by atoms with Crippen LogP contribution in [-0.2, 0) is 4.79 Å². The van der Waals surface area contributed by atoms with Crippen LogP contribution in [0.2, 0.25) is 0 Å². The van der Waals surface area contributed by atoms with Gasteiger partial charge in [-0.2, -0.15) is 0 Å². The number of amides is 1. The van der Waals surface area contributed by atoms with Crippen LogP contribution in [0.15, 0.2) is 24.3 Å². The monoisotopic (exact) mass is 343 g/mol. The van der Waals surface area contributed by atoms with Crippen LogP contribution in [0.4, 0.5) is 5.69 Å². The van der Waals surface area contributed by atoms with Gasteiger partial charge in [-0.1, -0.05) is 6.07 Å². The van der Waals surface area contributed by atoms with Crippen LogP contribution in [-0.4, -0.2) is 49.1 Å². The Morgan fingerprint density at radius 2 is 2.00 bits per heavy atom. The molecule has 1 aliphatic heterocycles. The maximum Gasteiger partial charge on any atom is 0.245 e. The molecule has 4 rings (SSSR count). The van der Waals surface area contributed by atoms with Crippen LogP contribution in [0, 0.1) is 5.92 Å². The second-order valence-corrected chi connectivity index (χ2v) is 7.93. The lowest BCUT2D eigenvalue weighted by Crippen LogP contribution is -2.58. The van der Waals surface area contributed by atoms with Crippen molar-refractivity contribution in [2.75, 3.05) is 32.1 Å². The van der Waals surface area contributed by atoms with Crippen LogP contribution >= 0.6 is 0 Å². The van der Waals surface area contributed by atoms with E-state index >= 15 is 0 Å². The molecule has 0 aromatic heterocycles. The first kappa shape index (κ1) is 16.7. The molecule has 1 saturated heterocycles. The molecule has 136 valence electrons. The third kappa shape index (κ3) is 4.09. The molecule has 0 bridgehead atoms. The predicted molar refractivity (Wildman–Crippen MR) is 98.9 cm³/mol. The van der Waals surface area contributed by atoms with E-state index in [1.54, 1.807) is 7.11 Å². The summed E-state index contributed by atoms with van der Waals surface area (Å²) in [7, 11) is 1.67. The third-order valence-electron chi connectivity index (χ3n) is 5.72. The Morgan fingerprint density at radius 3 is 2.64 bits per heavy atom. The minimum atomic E-state index is -0.505. The van der Waals surface area contributed by atoms with E-state index in [1.807, 2.05) is 24.3 Å². The first-order chi connectivity index (χ1) is 12.2. The van der Waals surface area contributed by atoms with Gasteiger partial charge in [-0.25, -0.2) is 0 Å². The second kappa shape index (κ2) is 6.87. The van der Waals surface area contributed by atoms with E-state index in [4.69, 9.17) is 4.74 Å². The second-order valence-electron chi connectivity index (χ2n) is 7.93. The molecule has 0 unspecified atom stereocenters. The molecule has 3 aliphatic rings. The molecule has 0 radical (unpaired) electrons. The van der Waals surface area contributed by atoms with E-state index in [0.29, 0.717) is 6.04 Å². The summed E-state index contributed by atoms with van der Waals surface area (Å²) in [6.07, 6.45) is 6.71. The summed E-state index contributed by atoms with van der Waals surface area (Å²) < 4.78 is 5.33. The Kier molecular flexibility index (Phi) is 4.59. The molecular weight excluding hydrogens is 314 g/mol. The van der Waals surface area contributed by atoms with Gasteiger partial charge in [0, 0.05) is 37.4 Å². The fourth-order valence-corrected chi connectivity index (χ4v) is 3.72. The topological polar surface area (TPSA) is 53.6 Å². The van der Waals surface area contributed by atoms with Crippen molar-refractivity contribution in [1.82, 2.24) is 10.2 Å². The van der Waals surface area contributed by atoms with Gasteiger partial charge < -0.3 is 20.3 Å². The standard InChI is InChI=1S/C20H29N3O2/c1-25-18-4-2-3-17(13-18)22-20(19(24)21-16-7-8-16)9-11-23(12-10-20)14-15-5-6-15/h2-4,13,15-16,22H,5-12,14H2,1H3,(H,21,24). The van der Waals surface area contributed by atoms with Crippen LogP contribution < -0.4 is 15.4 Å². The molecular formula is C20H29N3O2. The van der Waals surface area contributed by atoms with Crippen LogP contribution in [0.25, 0.3) is 0 Å². The number of likely N-dealkylation sites (tertiary alicyclic amines) is 1. The lowest BCUT2D eigenvalue weighted by molar-refractivity contribution is -0.127. The highest BCUT2D eigenvalue weighted by Crippen LogP contribution is 2.34. The predicted octanol–water partition coefficient (Wildman–Crippen LogP) is 2.63. The Morgan fingerprint density at radius 1 is 1.24 bits per heavy atom. The summed E-state index contributed by atoms with van der Waals surface area (Å²) in [5.41, 5.74) is 0.454. The summed E-state index contributed by atoms with van der Waals surface area (Å²) in [6.45, 7) is 3.19. The molecule has 2 aliphatic carbocycles. The van der Waals surface area contributed by atoms with Crippen molar-refractivity contribution < 1.29 is 9.53 Å². The number of anilines is 1. The molecule has 0 atom stereocenters. The average molecular weight is 343 g/mol. The molecule has 1 aromatic carbocycles. The number of rotatable bonds is 7. The number of methoxy groups -OCH3 is 1. The Hall–Kier alpha value is -1.75. The Labute approximate surface area is 150 Å². The van der Waals surface area contributed by atoms with Gasteiger partial charge in [0.05, 0.1) is 7.11 Å². The summed E-state index contributed by atoms with van der Waals surface area (Å²) in [5.74, 6) is 1.89. The minimum Gasteiger partial charge on any atom is -0.497 e. The number of piperidine rings is 1. The molecule has 3 fully saturated rings. The van der Waals surface area contributed by atoms with Crippen LogP contribution in [0.3, 0.4) is 0 Å². The molecule has 1 heterocycles. The molecule has 2 N–H and O–H groups in total. The smallest absolute Gasteiger partial charge is 0.245 e. The summed E-state index contributed by atoms with van der Waals surface area (Å²) in [4.78, 5) is 15.6. The van der Waals surface area contributed by atoms with Crippen molar-refractivity contribution >= 4 is 11.6 Å². The van der Waals surface area contributed by atoms with E-state index in [0.717, 1.165) is 56.1 Å². The first-order valence-electron chi connectivity index (χ1n) is 9.62. The van der Waals surface area contributed by atoms with Gasteiger partial charge in [0.15, 0.2) is 0 Å². The van der Waals surface area contributed by atoms with Gasteiger partial charge in [-0.05, 0) is 56.6 Å². The van der Waals surface area contributed by atoms with Gasteiger partial charge in [0.1, 0.15) is 11.3 Å². The van der Waals surface area contributed by atoms with Crippen LogP contribution in [0.1, 0.15) is 38.5 Å². The van der Waals surface area contributed by atoms with Crippen molar-refractivity contribution in [3.05, 3.63) is 24.3 Å². The zero-order valence-electron chi connectivity index (χ0n) is 15.1. The van der Waals surface area contributed by atoms with Crippen molar-refractivity contribution in [2.45, 2.75) is 50.1 Å². The maximum absolute atomic E-state index is 13.0. The fraction of sp³-hybridized carbons (Fsp3) is 0.650. The van der Waals surface area contributed by atoms with E-state index in [2.05, 4.69) is 15.5 Å². The highest BCUT2D eigenvalue weighted by molar-refractivity contribution is 5.90. The lowest BCUT2D eigenvalue weighted by atomic mass is 9.85. The van der Waals surface area contributed by atoms with E-state index in [1.165, 1.54) is 19.4 Å². The summed E-state index contributed by atoms with van der Waals surface area (Å²) in [5, 5.41) is 6.80. The Balaban J connectivity index is 1.47. The summed E-state index contributed by atoms with van der Waals surface area (Å²) in [6, 6.07) is 8.28. The first-order valence-corrected chi connectivity index (χ1v) is 9.62. The van der Waals surface area contributed by atoms with E-state index in [9.17, 15) is 4.79 Å². The van der Waals surface area contributed by atoms with Gasteiger partial charge >= 0.3 is 0 Å². The quantitative estimate of drug-likeness (QED) is 0.799. The lowest BCUT2D eigenvalue weighted by Gasteiger charge is -2.42. The zero-order valence-corrected chi connectivity index (χ0v) is 15.1. The van der Waals surface area contributed by atoms with Gasteiger partial charge in [-0.3, -0.25) is 4.79 Å². The highest BCUT2D eigenvalue weighted by Gasteiger charge is 2.43. The number of hydrogen-bond acceptors (Lipinski definition) is 4. The molecule has 1 amide bonds. The van der Waals surface area contributed by atoms with Gasteiger partial charge in [-0.15, -0.1) is 0 Å². The normalized spacial score (nSPS) is 23.1. The van der Waals surface area contributed by atoms with E-state index < -0.39 is 5.54 Å². The molecule has 2 saturated carbocycles. The average Bonchev–Trinajstić information content (AvgIpc) is 3.53. The maximum atomic E-state index is 13.0. The van der Waals surface area contributed by atoms with Gasteiger partial charge in [0.2, 0.25) is 5.91 Å².